The molecule has 1 aliphatic rings. The van der Waals surface area contributed by atoms with Crippen LogP contribution in [0.25, 0.3) is 0 Å². The molecule has 0 aliphatic heterocycles. The standard InChI is InChI=1S/C15H21FN2O/c16-12-6-2-3-7-13(12)18-14(19)10-15(11-17)8-4-1-5-9-15/h2-3,6-7H,1,4-5,8-11,17H2,(H,18,19). The van der Waals surface area contributed by atoms with Crippen molar-refractivity contribution in [2.45, 2.75) is 38.5 Å². The summed E-state index contributed by atoms with van der Waals surface area (Å²) >= 11 is 0. The summed E-state index contributed by atoms with van der Waals surface area (Å²) in [5.74, 6) is -0.543. The molecule has 2 rings (SSSR count). The van der Waals surface area contributed by atoms with Crippen LogP contribution in [0.2, 0.25) is 0 Å². The van der Waals surface area contributed by atoms with Gasteiger partial charge in [0, 0.05) is 6.42 Å². The van der Waals surface area contributed by atoms with Crippen LogP contribution in [0.15, 0.2) is 24.3 Å². The van der Waals surface area contributed by atoms with Crippen LogP contribution >= 0.6 is 0 Å². The molecule has 0 unspecified atom stereocenters. The van der Waals surface area contributed by atoms with Crippen LogP contribution in [0.4, 0.5) is 10.1 Å². The minimum Gasteiger partial charge on any atom is -0.330 e. The van der Waals surface area contributed by atoms with E-state index in [4.69, 9.17) is 5.73 Å². The fourth-order valence-corrected chi connectivity index (χ4v) is 2.85. The van der Waals surface area contributed by atoms with Crippen molar-refractivity contribution in [1.29, 1.82) is 0 Å². The minimum absolute atomic E-state index is 0.0897. The zero-order valence-corrected chi connectivity index (χ0v) is 11.1. The summed E-state index contributed by atoms with van der Waals surface area (Å²) in [6.45, 7) is 0.525. The van der Waals surface area contributed by atoms with Crippen molar-refractivity contribution in [3.05, 3.63) is 30.1 Å². The predicted octanol–water partition coefficient (Wildman–Crippen LogP) is 3.06. The lowest BCUT2D eigenvalue weighted by atomic mass is 9.71. The van der Waals surface area contributed by atoms with Gasteiger partial charge in [-0.2, -0.15) is 0 Å². The number of anilines is 1. The molecule has 1 fully saturated rings. The number of nitrogens with two attached hydrogens (primary N) is 1. The zero-order valence-electron chi connectivity index (χ0n) is 11.1. The third-order valence-electron chi connectivity index (χ3n) is 4.03. The number of hydrogen-bond donors (Lipinski definition) is 2. The van der Waals surface area contributed by atoms with Gasteiger partial charge in [0.25, 0.3) is 0 Å². The van der Waals surface area contributed by atoms with Crippen LogP contribution in [0.5, 0.6) is 0 Å². The molecular weight excluding hydrogens is 243 g/mol. The second-order valence-electron chi connectivity index (χ2n) is 5.47. The molecule has 104 valence electrons. The molecule has 0 bridgehead atoms. The Balaban J connectivity index is 1.98. The Labute approximate surface area is 113 Å². The smallest absolute Gasteiger partial charge is 0.225 e. The molecule has 4 heteroatoms. The van der Waals surface area contributed by atoms with Gasteiger partial charge >= 0.3 is 0 Å². The van der Waals surface area contributed by atoms with Gasteiger partial charge in [-0.15, -0.1) is 0 Å². The van der Waals surface area contributed by atoms with Crippen LogP contribution in [0, 0.1) is 11.2 Å². The van der Waals surface area contributed by atoms with E-state index in [1.807, 2.05) is 0 Å². The Morgan fingerprint density at radius 2 is 1.95 bits per heavy atom. The number of rotatable bonds is 4. The van der Waals surface area contributed by atoms with E-state index in [2.05, 4.69) is 5.32 Å². The van der Waals surface area contributed by atoms with Crippen molar-refractivity contribution < 1.29 is 9.18 Å². The van der Waals surface area contributed by atoms with Crippen LogP contribution in [0.1, 0.15) is 38.5 Å². The summed E-state index contributed by atoms with van der Waals surface area (Å²) in [6.07, 6.45) is 5.85. The number of nitrogens with one attached hydrogen (secondary N) is 1. The first-order valence-electron chi connectivity index (χ1n) is 6.90. The number of carbonyl (C=O) groups is 1. The lowest BCUT2D eigenvalue weighted by Crippen LogP contribution is -2.36. The molecule has 1 amide bonds. The number of para-hydroxylation sites is 1. The Kier molecular flexibility index (Phi) is 4.53. The summed E-state index contributed by atoms with van der Waals surface area (Å²) in [7, 11) is 0. The molecule has 0 heterocycles. The van der Waals surface area contributed by atoms with E-state index < -0.39 is 5.82 Å². The van der Waals surface area contributed by atoms with Crippen molar-refractivity contribution >= 4 is 11.6 Å². The Morgan fingerprint density at radius 1 is 1.26 bits per heavy atom. The van der Waals surface area contributed by atoms with Crippen LogP contribution in [0.3, 0.4) is 0 Å². The summed E-state index contributed by atoms with van der Waals surface area (Å²) in [6, 6.07) is 6.23. The highest BCUT2D eigenvalue weighted by molar-refractivity contribution is 5.91. The average molecular weight is 264 g/mol. The fraction of sp³-hybridized carbons (Fsp3) is 0.533. The molecule has 0 spiro atoms. The van der Waals surface area contributed by atoms with E-state index in [1.54, 1.807) is 18.2 Å². The van der Waals surface area contributed by atoms with Gasteiger partial charge < -0.3 is 11.1 Å². The van der Waals surface area contributed by atoms with Crippen LogP contribution in [-0.2, 0) is 4.79 Å². The maximum atomic E-state index is 13.5. The van der Waals surface area contributed by atoms with Gasteiger partial charge in [-0.1, -0.05) is 31.4 Å². The van der Waals surface area contributed by atoms with Crippen molar-refractivity contribution in [3.8, 4) is 0 Å². The number of carbonyl (C=O) groups excluding carboxylic acids is 1. The SMILES string of the molecule is NCC1(CC(=O)Nc2ccccc2F)CCCCC1. The third-order valence-corrected chi connectivity index (χ3v) is 4.03. The van der Waals surface area contributed by atoms with Crippen LogP contribution < -0.4 is 11.1 Å². The molecule has 19 heavy (non-hydrogen) atoms. The van der Waals surface area contributed by atoms with Gasteiger partial charge in [-0.3, -0.25) is 4.79 Å². The molecule has 0 atom stereocenters. The van der Waals surface area contributed by atoms with Gasteiger partial charge in [0.1, 0.15) is 5.82 Å². The number of benzene rings is 1. The maximum absolute atomic E-state index is 13.5. The lowest BCUT2D eigenvalue weighted by molar-refractivity contribution is -0.118. The monoisotopic (exact) mass is 264 g/mol. The first kappa shape index (κ1) is 14.0. The Bertz CT molecular complexity index is 442. The average Bonchev–Trinajstić information content (AvgIpc) is 2.42. The normalized spacial score (nSPS) is 18.0. The van der Waals surface area contributed by atoms with Crippen molar-refractivity contribution in [2.75, 3.05) is 11.9 Å². The van der Waals surface area contributed by atoms with E-state index >= 15 is 0 Å². The molecule has 3 nitrogen and oxygen atoms in total. The minimum atomic E-state index is -0.402. The van der Waals surface area contributed by atoms with E-state index in [0.29, 0.717) is 13.0 Å². The summed E-state index contributed by atoms with van der Waals surface area (Å²) < 4.78 is 13.5. The van der Waals surface area contributed by atoms with Crippen molar-refractivity contribution in [1.82, 2.24) is 0 Å². The molecule has 1 aromatic rings. The summed E-state index contributed by atoms with van der Waals surface area (Å²) in [5.41, 5.74) is 6.01. The lowest BCUT2D eigenvalue weighted by Gasteiger charge is -2.35. The van der Waals surface area contributed by atoms with E-state index in [9.17, 15) is 9.18 Å². The second-order valence-corrected chi connectivity index (χ2v) is 5.47. The van der Waals surface area contributed by atoms with Gasteiger partial charge in [-0.25, -0.2) is 4.39 Å². The van der Waals surface area contributed by atoms with Gasteiger partial charge in [-0.05, 0) is 36.9 Å². The molecule has 3 N–H and O–H groups in total. The molecule has 1 aliphatic carbocycles. The van der Waals surface area contributed by atoms with Gasteiger partial charge in [0.05, 0.1) is 5.69 Å². The van der Waals surface area contributed by atoms with Crippen molar-refractivity contribution in [3.63, 3.8) is 0 Å². The molecule has 1 aromatic carbocycles. The van der Waals surface area contributed by atoms with E-state index in [0.717, 1.165) is 25.7 Å². The molecular formula is C15H21FN2O. The number of hydrogen-bond acceptors (Lipinski definition) is 2. The molecule has 0 radical (unpaired) electrons. The number of halogens is 1. The van der Waals surface area contributed by atoms with E-state index in [-0.39, 0.29) is 17.0 Å². The van der Waals surface area contributed by atoms with Crippen LogP contribution in [-0.4, -0.2) is 12.5 Å². The third kappa shape index (κ3) is 3.53. The highest BCUT2D eigenvalue weighted by atomic mass is 19.1. The van der Waals surface area contributed by atoms with Gasteiger partial charge in [0.15, 0.2) is 0 Å². The zero-order chi connectivity index (χ0) is 13.7. The number of amides is 1. The molecule has 1 saturated carbocycles. The first-order chi connectivity index (χ1) is 9.15. The topological polar surface area (TPSA) is 55.1 Å². The predicted molar refractivity (Wildman–Crippen MR) is 74.2 cm³/mol. The Hall–Kier alpha value is -1.42. The largest absolute Gasteiger partial charge is 0.330 e. The molecule has 0 aromatic heterocycles. The van der Waals surface area contributed by atoms with Gasteiger partial charge in [0.2, 0.25) is 5.91 Å². The van der Waals surface area contributed by atoms with E-state index in [1.165, 1.54) is 12.5 Å². The van der Waals surface area contributed by atoms with Crippen molar-refractivity contribution in [2.24, 2.45) is 11.1 Å². The quantitative estimate of drug-likeness (QED) is 0.878. The fourth-order valence-electron chi connectivity index (χ4n) is 2.85. The second kappa shape index (κ2) is 6.15. The maximum Gasteiger partial charge on any atom is 0.225 e. The Morgan fingerprint density at radius 3 is 2.58 bits per heavy atom. The molecule has 0 saturated heterocycles. The highest BCUT2D eigenvalue weighted by Gasteiger charge is 2.33. The summed E-state index contributed by atoms with van der Waals surface area (Å²) in [4.78, 5) is 12.1. The first-order valence-corrected chi connectivity index (χ1v) is 6.90. The summed E-state index contributed by atoms with van der Waals surface area (Å²) in [5, 5.41) is 2.65. The highest BCUT2D eigenvalue weighted by Crippen LogP contribution is 2.38.